The predicted molar refractivity (Wildman–Crippen MR) is 133 cm³/mol. The van der Waals surface area contributed by atoms with Crippen molar-refractivity contribution in [1.29, 1.82) is 0 Å². The summed E-state index contributed by atoms with van der Waals surface area (Å²) in [6.45, 7) is 6.80. The molecule has 0 aliphatic heterocycles. The van der Waals surface area contributed by atoms with E-state index in [0.29, 0.717) is 11.6 Å². The predicted octanol–water partition coefficient (Wildman–Crippen LogP) is 3.74. The van der Waals surface area contributed by atoms with Crippen molar-refractivity contribution in [3.05, 3.63) is 64.4 Å². The highest BCUT2D eigenvalue weighted by Crippen LogP contribution is 2.25. The number of benzene rings is 2. The molecule has 0 bridgehead atoms. The third-order valence-electron chi connectivity index (χ3n) is 5.27. The van der Waals surface area contributed by atoms with Gasteiger partial charge in [0.15, 0.2) is 0 Å². The van der Waals surface area contributed by atoms with Crippen LogP contribution >= 0.6 is 11.6 Å². The lowest BCUT2D eigenvalue weighted by atomic mass is 10.1. The number of rotatable bonds is 10. The molecule has 0 aliphatic carbocycles. The van der Waals surface area contributed by atoms with Gasteiger partial charge in [0.2, 0.25) is 21.8 Å². The fraction of sp³-hybridized carbons (Fsp3) is 0.417. The Morgan fingerprint density at radius 3 is 2.32 bits per heavy atom. The Morgan fingerprint density at radius 1 is 1.12 bits per heavy atom. The van der Waals surface area contributed by atoms with Crippen LogP contribution < -0.4 is 9.62 Å². The number of hydrogen-bond donors (Lipinski definition) is 1. The summed E-state index contributed by atoms with van der Waals surface area (Å²) in [5, 5.41) is 3.12. The zero-order valence-electron chi connectivity index (χ0n) is 20.0. The van der Waals surface area contributed by atoms with E-state index >= 15 is 0 Å². The maximum Gasteiger partial charge on any atom is 0.244 e. The van der Waals surface area contributed by atoms with Crippen LogP contribution in [0.3, 0.4) is 0 Å². The molecule has 2 aromatic rings. The number of carbonyl (C=O) groups is 2. The SMILES string of the molecule is Cc1ccc(N(CC(=O)N(Cc2ccccc2F)C(C)C(=O)NCC(C)C)S(C)(=O)=O)cc1Cl. The molecular weight excluding hydrogens is 481 g/mol. The maximum absolute atomic E-state index is 14.4. The van der Waals surface area contributed by atoms with Gasteiger partial charge in [0.05, 0.1) is 11.9 Å². The minimum atomic E-state index is -3.87. The lowest BCUT2D eigenvalue weighted by Crippen LogP contribution is -2.51. The third kappa shape index (κ3) is 7.43. The standard InChI is InChI=1S/C24H31ClFN3O4S/c1-16(2)13-27-24(31)18(4)28(14-19-8-6-7-9-22(19)26)23(30)15-29(34(5,32)33)20-11-10-17(3)21(25)12-20/h6-12,16,18H,13-15H2,1-5H3,(H,27,31). The van der Waals surface area contributed by atoms with Crippen molar-refractivity contribution >= 4 is 39.1 Å². The molecule has 0 saturated carbocycles. The van der Waals surface area contributed by atoms with Crippen molar-refractivity contribution in [2.45, 2.75) is 40.3 Å². The topological polar surface area (TPSA) is 86.8 Å². The van der Waals surface area contributed by atoms with Gasteiger partial charge in [-0.2, -0.15) is 0 Å². The fourth-order valence-electron chi connectivity index (χ4n) is 3.20. The van der Waals surface area contributed by atoms with E-state index in [0.717, 1.165) is 16.1 Å². The first-order valence-electron chi connectivity index (χ1n) is 10.9. The highest BCUT2D eigenvalue weighted by Gasteiger charge is 2.30. The second-order valence-electron chi connectivity index (χ2n) is 8.63. The van der Waals surface area contributed by atoms with Gasteiger partial charge < -0.3 is 10.2 Å². The van der Waals surface area contributed by atoms with Gasteiger partial charge in [-0.15, -0.1) is 0 Å². The highest BCUT2D eigenvalue weighted by atomic mass is 35.5. The molecule has 2 rings (SSSR count). The Balaban J connectivity index is 2.40. The van der Waals surface area contributed by atoms with Gasteiger partial charge in [-0.05, 0) is 43.5 Å². The van der Waals surface area contributed by atoms with E-state index in [1.165, 1.54) is 36.1 Å². The van der Waals surface area contributed by atoms with Crippen molar-refractivity contribution in [3.63, 3.8) is 0 Å². The number of nitrogens with one attached hydrogen (secondary N) is 1. The van der Waals surface area contributed by atoms with Crippen LogP contribution in [0.5, 0.6) is 0 Å². The third-order valence-corrected chi connectivity index (χ3v) is 6.82. The van der Waals surface area contributed by atoms with E-state index < -0.39 is 40.2 Å². The average molecular weight is 512 g/mol. The normalized spacial score (nSPS) is 12.4. The summed E-state index contributed by atoms with van der Waals surface area (Å²) in [4.78, 5) is 27.3. The molecule has 186 valence electrons. The molecule has 0 fully saturated rings. The first-order valence-corrected chi connectivity index (χ1v) is 13.1. The summed E-state index contributed by atoms with van der Waals surface area (Å²) in [7, 11) is -3.87. The Kier molecular flexibility index (Phi) is 9.46. The molecule has 7 nitrogen and oxygen atoms in total. The maximum atomic E-state index is 14.4. The van der Waals surface area contributed by atoms with Gasteiger partial charge in [0.25, 0.3) is 0 Å². The lowest BCUT2D eigenvalue weighted by molar-refractivity contribution is -0.139. The summed E-state index contributed by atoms with van der Waals surface area (Å²) in [6.07, 6.45) is 0.980. The highest BCUT2D eigenvalue weighted by molar-refractivity contribution is 7.92. The summed E-state index contributed by atoms with van der Waals surface area (Å²) in [5.41, 5.74) is 1.18. The lowest BCUT2D eigenvalue weighted by Gasteiger charge is -2.31. The number of halogens is 2. The number of amides is 2. The molecule has 10 heteroatoms. The van der Waals surface area contributed by atoms with E-state index in [1.807, 2.05) is 13.8 Å². The molecule has 2 amide bonds. The van der Waals surface area contributed by atoms with Gasteiger partial charge in [-0.3, -0.25) is 13.9 Å². The number of carbonyl (C=O) groups excluding carboxylic acids is 2. The summed E-state index contributed by atoms with van der Waals surface area (Å²) in [5.74, 6) is -1.40. The average Bonchev–Trinajstić information content (AvgIpc) is 2.75. The number of hydrogen-bond acceptors (Lipinski definition) is 4. The number of aryl methyl sites for hydroxylation is 1. The minimum absolute atomic E-state index is 0.193. The minimum Gasteiger partial charge on any atom is -0.354 e. The van der Waals surface area contributed by atoms with Gasteiger partial charge in [0, 0.05) is 23.7 Å². The van der Waals surface area contributed by atoms with Gasteiger partial charge in [-0.25, -0.2) is 12.8 Å². The van der Waals surface area contributed by atoms with E-state index in [2.05, 4.69) is 5.32 Å². The fourth-order valence-corrected chi connectivity index (χ4v) is 4.21. The van der Waals surface area contributed by atoms with Gasteiger partial charge >= 0.3 is 0 Å². The quantitative estimate of drug-likeness (QED) is 0.526. The first kappa shape index (κ1) is 27.6. The Labute approximate surface area is 205 Å². The van der Waals surface area contributed by atoms with Crippen LogP contribution in [-0.2, 0) is 26.2 Å². The molecule has 0 spiro atoms. The Morgan fingerprint density at radius 2 is 1.76 bits per heavy atom. The second-order valence-corrected chi connectivity index (χ2v) is 10.9. The van der Waals surface area contributed by atoms with E-state index in [9.17, 15) is 22.4 Å². The smallest absolute Gasteiger partial charge is 0.244 e. The van der Waals surface area contributed by atoms with E-state index in [-0.39, 0.29) is 23.7 Å². The molecule has 1 N–H and O–H groups in total. The summed E-state index contributed by atoms with van der Waals surface area (Å²) in [6, 6.07) is 9.63. The first-order chi connectivity index (χ1) is 15.8. The van der Waals surface area contributed by atoms with Crippen LogP contribution in [-0.4, -0.2) is 50.5 Å². The van der Waals surface area contributed by atoms with Crippen LogP contribution in [0.25, 0.3) is 0 Å². The number of sulfonamides is 1. The van der Waals surface area contributed by atoms with Gasteiger partial charge in [0.1, 0.15) is 18.4 Å². The van der Waals surface area contributed by atoms with Crippen LogP contribution in [0.1, 0.15) is 31.9 Å². The molecule has 34 heavy (non-hydrogen) atoms. The molecule has 2 aromatic carbocycles. The largest absolute Gasteiger partial charge is 0.354 e. The molecular formula is C24H31ClFN3O4S. The zero-order valence-corrected chi connectivity index (χ0v) is 21.6. The van der Waals surface area contributed by atoms with Crippen molar-refractivity contribution in [1.82, 2.24) is 10.2 Å². The van der Waals surface area contributed by atoms with Crippen LogP contribution in [0.2, 0.25) is 5.02 Å². The van der Waals surface area contributed by atoms with Gasteiger partial charge in [-0.1, -0.05) is 49.7 Å². The van der Waals surface area contributed by atoms with Crippen LogP contribution in [0.4, 0.5) is 10.1 Å². The van der Waals surface area contributed by atoms with E-state index in [1.54, 1.807) is 25.1 Å². The zero-order chi connectivity index (χ0) is 25.6. The second kappa shape index (κ2) is 11.7. The molecule has 0 aliphatic rings. The van der Waals surface area contributed by atoms with Crippen LogP contribution in [0, 0.1) is 18.7 Å². The monoisotopic (exact) mass is 511 g/mol. The molecule has 1 atom stereocenters. The van der Waals surface area contributed by atoms with Crippen molar-refractivity contribution in [2.75, 3.05) is 23.7 Å². The van der Waals surface area contributed by atoms with Crippen molar-refractivity contribution < 1.29 is 22.4 Å². The van der Waals surface area contributed by atoms with E-state index in [4.69, 9.17) is 11.6 Å². The Hall–Kier alpha value is -2.65. The summed E-state index contributed by atoms with van der Waals surface area (Å²) < 4.78 is 40.4. The molecule has 0 radical (unpaired) electrons. The molecule has 1 unspecified atom stereocenters. The molecule has 0 aromatic heterocycles. The van der Waals surface area contributed by atoms with Crippen molar-refractivity contribution in [3.8, 4) is 0 Å². The Bertz CT molecular complexity index is 1140. The summed E-state index contributed by atoms with van der Waals surface area (Å²) >= 11 is 6.17. The number of anilines is 1. The molecule has 0 saturated heterocycles. The number of nitrogens with zero attached hydrogens (tertiary/aromatic N) is 2. The van der Waals surface area contributed by atoms with Crippen LogP contribution in [0.15, 0.2) is 42.5 Å². The van der Waals surface area contributed by atoms with Crippen molar-refractivity contribution in [2.24, 2.45) is 5.92 Å². The molecule has 0 heterocycles.